The molecule has 0 atom stereocenters. The Kier molecular flexibility index (Phi) is 4.94. The van der Waals surface area contributed by atoms with Crippen LogP contribution in [0.4, 0.5) is 5.69 Å². The molecule has 0 aliphatic heterocycles. The highest BCUT2D eigenvalue weighted by atomic mass is 32.1. The van der Waals surface area contributed by atoms with Crippen molar-refractivity contribution in [3.8, 4) is 0 Å². The van der Waals surface area contributed by atoms with Crippen molar-refractivity contribution >= 4 is 44.9 Å². The van der Waals surface area contributed by atoms with Crippen LogP contribution >= 0.6 is 11.3 Å². The van der Waals surface area contributed by atoms with Crippen LogP contribution < -0.4 is 11.1 Å². The first-order valence-electron chi connectivity index (χ1n) is 7.64. The lowest BCUT2D eigenvalue weighted by atomic mass is 10.1. The number of benzene rings is 2. The van der Waals surface area contributed by atoms with E-state index in [0.717, 1.165) is 27.3 Å². The zero-order valence-electron chi connectivity index (χ0n) is 13.8. The molecule has 3 N–H and O–H groups in total. The number of aromatic nitrogens is 1. The second-order valence-electron chi connectivity index (χ2n) is 5.44. The number of hydrogen-bond acceptors (Lipinski definition) is 7. The summed E-state index contributed by atoms with van der Waals surface area (Å²) in [5.41, 5.74) is 7.97. The maximum atomic E-state index is 11.6. The molecular weight excluding hydrogens is 354 g/mol. The summed E-state index contributed by atoms with van der Waals surface area (Å²) in [7, 11) is 1.34. The molecule has 0 bridgehead atoms. The smallest absolute Gasteiger partial charge is 0.337 e. The number of amides is 1. The van der Waals surface area contributed by atoms with Crippen LogP contribution in [0.5, 0.6) is 0 Å². The first kappa shape index (κ1) is 17.6. The molecule has 0 saturated carbocycles. The fraction of sp³-hybridized carbons (Fsp3) is 0.111. The molecule has 0 aliphatic carbocycles. The molecule has 0 spiro atoms. The van der Waals surface area contributed by atoms with Crippen molar-refractivity contribution in [2.45, 2.75) is 6.54 Å². The van der Waals surface area contributed by atoms with E-state index >= 15 is 0 Å². The fourth-order valence-corrected chi connectivity index (χ4v) is 3.27. The molecule has 7 nitrogen and oxygen atoms in total. The van der Waals surface area contributed by atoms with Crippen LogP contribution in [0.25, 0.3) is 10.2 Å². The Labute approximate surface area is 152 Å². The summed E-state index contributed by atoms with van der Waals surface area (Å²) in [5, 5.41) is 3.35. The Hall–Kier alpha value is -3.26. The van der Waals surface area contributed by atoms with Crippen LogP contribution in [0.1, 0.15) is 25.7 Å². The SMILES string of the molecule is COC(=O)c1ccc(CNc2ccc3nc(C(=O)C(N)=O)sc3c2)cc1. The topological polar surface area (TPSA) is 111 Å². The minimum absolute atomic E-state index is 0.0862. The molecular formula is C18H15N3O4S. The third kappa shape index (κ3) is 3.70. The van der Waals surface area contributed by atoms with E-state index in [0.29, 0.717) is 17.6 Å². The minimum atomic E-state index is -1.02. The van der Waals surface area contributed by atoms with E-state index in [-0.39, 0.29) is 11.0 Å². The lowest BCUT2D eigenvalue weighted by molar-refractivity contribution is -0.114. The lowest BCUT2D eigenvalue weighted by Gasteiger charge is -2.07. The molecule has 0 unspecified atom stereocenters. The molecule has 0 aliphatic rings. The fourth-order valence-electron chi connectivity index (χ4n) is 2.32. The van der Waals surface area contributed by atoms with Gasteiger partial charge in [-0.25, -0.2) is 9.78 Å². The number of rotatable bonds is 6. The minimum Gasteiger partial charge on any atom is -0.465 e. The number of nitrogens with one attached hydrogen (secondary N) is 1. The predicted molar refractivity (Wildman–Crippen MR) is 98.3 cm³/mol. The number of hydrogen-bond donors (Lipinski definition) is 2. The molecule has 0 saturated heterocycles. The van der Waals surface area contributed by atoms with Crippen molar-refractivity contribution < 1.29 is 19.1 Å². The molecule has 132 valence electrons. The van der Waals surface area contributed by atoms with Crippen LogP contribution in [-0.4, -0.2) is 29.8 Å². The summed E-state index contributed by atoms with van der Waals surface area (Å²) < 4.78 is 5.45. The molecule has 3 rings (SSSR count). The van der Waals surface area contributed by atoms with Gasteiger partial charge in [-0.2, -0.15) is 0 Å². The third-order valence-electron chi connectivity index (χ3n) is 3.68. The number of primary amides is 1. The highest BCUT2D eigenvalue weighted by Crippen LogP contribution is 2.26. The second kappa shape index (κ2) is 7.32. The van der Waals surface area contributed by atoms with Gasteiger partial charge in [0.1, 0.15) is 0 Å². The largest absolute Gasteiger partial charge is 0.465 e. The summed E-state index contributed by atoms with van der Waals surface area (Å²) in [6, 6.07) is 12.6. The van der Waals surface area contributed by atoms with E-state index in [1.165, 1.54) is 7.11 Å². The zero-order valence-corrected chi connectivity index (χ0v) is 14.6. The lowest BCUT2D eigenvalue weighted by Crippen LogP contribution is -2.22. The van der Waals surface area contributed by atoms with E-state index in [1.54, 1.807) is 18.2 Å². The number of carbonyl (C=O) groups excluding carboxylic acids is 3. The van der Waals surface area contributed by atoms with Crippen molar-refractivity contribution in [1.29, 1.82) is 0 Å². The number of nitrogens with two attached hydrogens (primary N) is 1. The van der Waals surface area contributed by atoms with Gasteiger partial charge in [0.15, 0.2) is 5.01 Å². The van der Waals surface area contributed by atoms with Crippen LogP contribution in [0, 0.1) is 0 Å². The van der Waals surface area contributed by atoms with Crippen molar-refractivity contribution in [2.24, 2.45) is 5.73 Å². The first-order chi connectivity index (χ1) is 12.5. The number of esters is 1. The molecule has 0 radical (unpaired) electrons. The van der Waals surface area contributed by atoms with E-state index in [4.69, 9.17) is 5.73 Å². The highest BCUT2D eigenvalue weighted by Gasteiger charge is 2.17. The Morgan fingerprint density at radius 2 is 1.88 bits per heavy atom. The van der Waals surface area contributed by atoms with E-state index in [1.807, 2.05) is 24.3 Å². The zero-order chi connectivity index (χ0) is 18.7. The number of anilines is 1. The standard InChI is InChI=1S/C18H15N3O4S/c1-25-18(24)11-4-2-10(3-5-11)9-20-12-6-7-13-14(8-12)26-17(21-13)15(22)16(19)23/h2-8,20H,9H2,1H3,(H2,19,23). The molecule has 0 fully saturated rings. The molecule has 1 aromatic heterocycles. The van der Waals surface area contributed by atoms with Crippen LogP contribution in [0.15, 0.2) is 42.5 Å². The van der Waals surface area contributed by atoms with E-state index in [9.17, 15) is 14.4 Å². The van der Waals surface area contributed by atoms with Crippen molar-refractivity contribution in [3.05, 3.63) is 58.6 Å². The van der Waals surface area contributed by atoms with Gasteiger partial charge >= 0.3 is 5.97 Å². The monoisotopic (exact) mass is 369 g/mol. The Bertz CT molecular complexity index is 995. The Morgan fingerprint density at radius 1 is 1.15 bits per heavy atom. The van der Waals surface area contributed by atoms with Gasteiger partial charge in [0.2, 0.25) is 0 Å². The summed E-state index contributed by atoms with van der Waals surface area (Å²) >= 11 is 1.12. The van der Waals surface area contributed by atoms with Gasteiger partial charge in [-0.1, -0.05) is 12.1 Å². The summed E-state index contributed by atoms with van der Waals surface area (Å²) in [4.78, 5) is 38.2. The molecule has 2 aromatic carbocycles. The van der Waals surface area contributed by atoms with Crippen LogP contribution in [-0.2, 0) is 16.1 Å². The van der Waals surface area contributed by atoms with Gasteiger partial charge in [-0.05, 0) is 35.9 Å². The maximum Gasteiger partial charge on any atom is 0.337 e. The number of fused-ring (bicyclic) bond motifs is 1. The van der Waals surface area contributed by atoms with Gasteiger partial charge in [0.05, 0.1) is 22.9 Å². The normalized spacial score (nSPS) is 10.5. The van der Waals surface area contributed by atoms with Crippen molar-refractivity contribution in [3.63, 3.8) is 0 Å². The highest BCUT2D eigenvalue weighted by molar-refractivity contribution is 7.21. The van der Waals surface area contributed by atoms with E-state index in [2.05, 4.69) is 15.0 Å². The average molecular weight is 369 g/mol. The quantitative estimate of drug-likeness (QED) is 0.392. The van der Waals surface area contributed by atoms with Gasteiger partial charge in [-0.15, -0.1) is 11.3 Å². The van der Waals surface area contributed by atoms with Gasteiger partial charge in [0.25, 0.3) is 11.7 Å². The molecule has 1 heterocycles. The molecule has 1 amide bonds. The van der Waals surface area contributed by atoms with Crippen molar-refractivity contribution in [1.82, 2.24) is 4.98 Å². The van der Waals surface area contributed by atoms with Crippen LogP contribution in [0.2, 0.25) is 0 Å². The number of carbonyl (C=O) groups is 3. The number of ether oxygens (including phenoxy) is 1. The van der Waals surface area contributed by atoms with Gasteiger partial charge in [-0.3, -0.25) is 9.59 Å². The number of thiazole rings is 1. The molecule has 26 heavy (non-hydrogen) atoms. The van der Waals surface area contributed by atoms with Crippen molar-refractivity contribution in [2.75, 3.05) is 12.4 Å². The predicted octanol–water partition coefficient (Wildman–Crippen LogP) is 2.36. The summed E-state index contributed by atoms with van der Waals surface area (Å²) in [6.07, 6.45) is 0. The van der Waals surface area contributed by atoms with Gasteiger partial charge in [0, 0.05) is 12.2 Å². The molecule has 8 heteroatoms. The van der Waals surface area contributed by atoms with Gasteiger partial charge < -0.3 is 15.8 Å². The number of methoxy groups -OCH3 is 1. The van der Waals surface area contributed by atoms with E-state index < -0.39 is 11.7 Å². The Morgan fingerprint density at radius 3 is 2.54 bits per heavy atom. The summed E-state index contributed by atoms with van der Waals surface area (Å²) in [6.45, 7) is 0.554. The Balaban J connectivity index is 1.72. The first-order valence-corrected chi connectivity index (χ1v) is 8.45. The maximum absolute atomic E-state index is 11.6. The second-order valence-corrected chi connectivity index (χ2v) is 6.47. The number of ketones is 1. The summed E-state index contributed by atoms with van der Waals surface area (Å²) in [5.74, 6) is -2.18. The number of nitrogens with zero attached hydrogens (tertiary/aromatic N) is 1. The average Bonchev–Trinajstić information content (AvgIpc) is 3.08. The molecule has 3 aromatic rings. The third-order valence-corrected chi connectivity index (χ3v) is 4.70. The number of Topliss-reactive ketones (excluding diaryl/α,β-unsaturated/α-hetero) is 1. The van der Waals surface area contributed by atoms with Crippen LogP contribution in [0.3, 0.4) is 0 Å².